The number of carbonyl (C=O) groups excluding carboxylic acids is 4. The van der Waals surface area contributed by atoms with Crippen LogP contribution < -0.4 is 0 Å². The molecular weight excluding hydrogens is 416 g/mol. The molecule has 0 N–H and O–H groups in total. The third-order valence-corrected chi connectivity index (χ3v) is 6.35. The van der Waals surface area contributed by atoms with Gasteiger partial charge in [-0.3, -0.25) is 14.4 Å². The van der Waals surface area contributed by atoms with E-state index >= 15 is 0 Å². The lowest BCUT2D eigenvalue weighted by atomic mass is 9.82. The van der Waals surface area contributed by atoms with E-state index in [1.807, 2.05) is 6.92 Å². The van der Waals surface area contributed by atoms with Crippen LogP contribution in [0.5, 0.6) is 0 Å². The molecule has 0 amide bonds. The highest BCUT2D eigenvalue weighted by molar-refractivity contribution is 5.95. The number of esters is 3. The Labute approximate surface area is 187 Å². The van der Waals surface area contributed by atoms with Crippen LogP contribution in [-0.4, -0.2) is 53.7 Å². The van der Waals surface area contributed by atoms with Crippen molar-refractivity contribution in [2.24, 2.45) is 5.92 Å². The van der Waals surface area contributed by atoms with E-state index in [0.29, 0.717) is 12.0 Å². The number of fused-ring (bicyclic) bond motifs is 3. The number of epoxide rings is 1. The Morgan fingerprint density at radius 1 is 1.12 bits per heavy atom. The summed E-state index contributed by atoms with van der Waals surface area (Å²) in [7, 11) is 0. The van der Waals surface area contributed by atoms with Gasteiger partial charge in [-0.2, -0.15) is 0 Å². The van der Waals surface area contributed by atoms with Gasteiger partial charge in [-0.15, -0.1) is 0 Å². The molecule has 0 aromatic carbocycles. The van der Waals surface area contributed by atoms with Crippen molar-refractivity contribution in [1.82, 2.24) is 0 Å². The van der Waals surface area contributed by atoms with Crippen LogP contribution in [0.3, 0.4) is 0 Å². The molecule has 0 unspecified atom stereocenters. The summed E-state index contributed by atoms with van der Waals surface area (Å²) in [6, 6.07) is 0. The normalized spacial score (nSPS) is 38.7. The number of ether oxygens (including phenoxy) is 4. The molecule has 2 aliphatic heterocycles. The molecule has 0 saturated carbocycles. The zero-order valence-electron chi connectivity index (χ0n) is 19.1. The van der Waals surface area contributed by atoms with Crippen LogP contribution >= 0.6 is 0 Å². The fourth-order valence-corrected chi connectivity index (χ4v) is 4.47. The van der Waals surface area contributed by atoms with Gasteiger partial charge in [0, 0.05) is 38.7 Å². The van der Waals surface area contributed by atoms with Crippen molar-refractivity contribution in [3.8, 4) is 0 Å². The van der Waals surface area contributed by atoms with Crippen LogP contribution in [0.15, 0.2) is 35.5 Å². The number of Topliss-reactive ketones (excluding diaryl/α,β-unsaturated/α-hetero) is 1. The summed E-state index contributed by atoms with van der Waals surface area (Å²) in [6.07, 6.45) is 1.55. The van der Waals surface area contributed by atoms with E-state index in [9.17, 15) is 19.2 Å². The third-order valence-electron chi connectivity index (χ3n) is 6.35. The van der Waals surface area contributed by atoms with Gasteiger partial charge in [0.25, 0.3) is 0 Å². The lowest BCUT2D eigenvalue weighted by Crippen LogP contribution is -2.41. The van der Waals surface area contributed by atoms with E-state index in [0.717, 1.165) is 5.57 Å². The molecule has 8 heteroatoms. The average Bonchev–Trinajstić information content (AvgIpc) is 3.30. The number of hydrogen-bond acceptors (Lipinski definition) is 8. The molecule has 2 saturated heterocycles. The molecule has 0 aromatic heterocycles. The van der Waals surface area contributed by atoms with Crippen LogP contribution in [0.25, 0.3) is 0 Å². The SMILES string of the molecule is C=C1C(=O)O[C@H]2[C@H]1[C@H](OC(C)=O)C/C(C)=C\CC(=O)/C(C)=C/C[C@@H](OC(C)=O)[C@]1(C)O[C@@H]21. The van der Waals surface area contributed by atoms with Gasteiger partial charge in [0.05, 0.1) is 5.92 Å². The van der Waals surface area contributed by atoms with Gasteiger partial charge >= 0.3 is 17.9 Å². The summed E-state index contributed by atoms with van der Waals surface area (Å²) in [5, 5.41) is 0. The minimum absolute atomic E-state index is 0.0629. The highest BCUT2D eigenvalue weighted by Crippen LogP contribution is 2.50. The maximum Gasteiger partial charge on any atom is 0.334 e. The van der Waals surface area contributed by atoms with E-state index in [-0.39, 0.29) is 24.2 Å². The monoisotopic (exact) mass is 446 g/mol. The molecule has 2 fully saturated rings. The number of ketones is 1. The van der Waals surface area contributed by atoms with Gasteiger partial charge in [0.2, 0.25) is 0 Å². The van der Waals surface area contributed by atoms with Gasteiger partial charge in [-0.05, 0) is 26.3 Å². The fraction of sp³-hybridized carbons (Fsp3) is 0.583. The summed E-state index contributed by atoms with van der Waals surface area (Å²) in [5.74, 6) is -2.25. The molecule has 8 nitrogen and oxygen atoms in total. The van der Waals surface area contributed by atoms with Gasteiger partial charge in [-0.1, -0.05) is 24.3 Å². The molecule has 0 bridgehead atoms. The Morgan fingerprint density at radius 3 is 2.41 bits per heavy atom. The Bertz CT molecular complexity index is 913. The number of carbonyl (C=O) groups is 4. The second-order valence-corrected chi connectivity index (χ2v) is 8.89. The summed E-state index contributed by atoms with van der Waals surface area (Å²) < 4.78 is 22.7. The first-order valence-corrected chi connectivity index (χ1v) is 10.7. The molecule has 2 heterocycles. The Morgan fingerprint density at radius 2 is 1.78 bits per heavy atom. The second-order valence-electron chi connectivity index (χ2n) is 8.89. The van der Waals surface area contributed by atoms with Crippen molar-refractivity contribution in [1.29, 1.82) is 0 Å². The molecule has 0 spiro atoms. The highest BCUT2D eigenvalue weighted by atomic mass is 16.7. The summed E-state index contributed by atoms with van der Waals surface area (Å²) in [6.45, 7) is 11.8. The lowest BCUT2D eigenvalue weighted by molar-refractivity contribution is -0.151. The van der Waals surface area contributed by atoms with Gasteiger partial charge in [-0.25, -0.2) is 4.79 Å². The molecule has 1 aliphatic carbocycles. The molecule has 3 rings (SSSR count). The standard InChI is InChI=1S/C24H30O8/c1-12-7-9-17(27)13(2)8-10-19(30-16(5)26)24(6)22(32-24)21-20(14(3)23(28)31-21)18(11-12)29-15(4)25/h7-8,18-22H,3,9-11H2,1-2,4-6H3/b12-7-,13-8+/t18-,19-,20-,21+,22+,24+/m1/s1. The summed E-state index contributed by atoms with van der Waals surface area (Å²) in [5.41, 5.74) is 0.668. The van der Waals surface area contributed by atoms with Gasteiger partial charge in [0.15, 0.2) is 5.78 Å². The van der Waals surface area contributed by atoms with Gasteiger partial charge in [0.1, 0.15) is 30.0 Å². The van der Waals surface area contributed by atoms with Crippen LogP contribution in [0.4, 0.5) is 0 Å². The predicted octanol–water partition coefficient (Wildman–Crippen LogP) is 2.75. The topological polar surface area (TPSA) is 108 Å². The van der Waals surface area contributed by atoms with Crippen molar-refractivity contribution in [3.05, 3.63) is 35.5 Å². The van der Waals surface area contributed by atoms with Crippen molar-refractivity contribution in [3.63, 3.8) is 0 Å². The van der Waals surface area contributed by atoms with Crippen molar-refractivity contribution in [2.45, 2.75) is 83.9 Å². The van der Waals surface area contributed by atoms with E-state index in [4.69, 9.17) is 18.9 Å². The number of allylic oxidation sites excluding steroid dienone is 2. The van der Waals surface area contributed by atoms with Crippen LogP contribution in [0, 0.1) is 5.92 Å². The van der Waals surface area contributed by atoms with Crippen molar-refractivity contribution in [2.75, 3.05) is 0 Å². The van der Waals surface area contributed by atoms with E-state index in [1.165, 1.54) is 13.8 Å². The van der Waals surface area contributed by atoms with E-state index in [1.54, 1.807) is 26.0 Å². The van der Waals surface area contributed by atoms with Gasteiger partial charge < -0.3 is 18.9 Å². The first kappa shape index (κ1) is 23.9. The van der Waals surface area contributed by atoms with E-state index in [2.05, 4.69) is 6.58 Å². The largest absolute Gasteiger partial charge is 0.461 e. The number of hydrogen-bond donors (Lipinski definition) is 0. The predicted molar refractivity (Wildman–Crippen MR) is 113 cm³/mol. The minimum Gasteiger partial charge on any atom is -0.461 e. The second kappa shape index (κ2) is 9.02. The van der Waals surface area contributed by atoms with Crippen LogP contribution in [0.1, 0.15) is 53.9 Å². The van der Waals surface area contributed by atoms with Crippen LogP contribution in [0.2, 0.25) is 0 Å². The van der Waals surface area contributed by atoms with Crippen molar-refractivity contribution < 1.29 is 38.1 Å². The Kier molecular flexibility index (Phi) is 6.74. The minimum atomic E-state index is -0.935. The first-order chi connectivity index (χ1) is 14.9. The maximum atomic E-state index is 12.6. The van der Waals surface area contributed by atoms with Crippen molar-refractivity contribution >= 4 is 23.7 Å². The fourth-order valence-electron chi connectivity index (χ4n) is 4.47. The molecule has 3 aliphatic rings. The molecule has 6 atom stereocenters. The number of rotatable bonds is 2. The van der Waals surface area contributed by atoms with E-state index < -0.39 is 53.8 Å². The highest BCUT2D eigenvalue weighted by Gasteiger charge is 2.67. The molecule has 32 heavy (non-hydrogen) atoms. The molecule has 0 aromatic rings. The molecule has 174 valence electrons. The first-order valence-electron chi connectivity index (χ1n) is 10.7. The summed E-state index contributed by atoms with van der Waals surface area (Å²) in [4.78, 5) is 48.6. The smallest absolute Gasteiger partial charge is 0.334 e. The average molecular weight is 446 g/mol. The summed E-state index contributed by atoms with van der Waals surface area (Å²) >= 11 is 0. The third kappa shape index (κ3) is 4.85. The zero-order valence-corrected chi connectivity index (χ0v) is 19.1. The lowest BCUT2D eigenvalue weighted by Gasteiger charge is -2.28. The quantitative estimate of drug-likeness (QED) is 0.209. The Hall–Kier alpha value is -2.74. The Balaban J connectivity index is 2.04. The zero-order chi connectivity index (χ0) is 23.8. The molecular formula is C24H30O8. The van der Waals surface area contributed by atoms with Crippen LogP contribution in [-0.2, 0) is 38.1 Å². The maximum absolute atomic E-state index is 12.6. The molecule has 0 radical (unpaired) electrons.